The lowest BCUT2D eigenvalue weighted by atomic mass is 9.81. The van der Waals surface area contributed by atoms with Crippen LogP contribution < -0.4 is 4.90 Å². The minimum atomic E-state index is -0.134. The monoisotopic (exact) mass is 470 g/mol. The molecule has 3 heterocycles. The van der Waals surface area contributed by atoms with Crippen molar-refractivity contribution in [2.45, 2.75) is 18.5 Å². The van der Waals surface area contributed by atoms with Gasteiger partial charge in [-0.1, -0.05) is 18.2 Å². The Morgan fingerprint density at radius 3 is 2.49 bits per heavy atom. The number of anilines is 1. The molecule has 0 spiro atoms. The van der Waals surface area contributed by atoms with Crippen LogP contribution in [0.25, 0.3) is 11.1 Å². The summed E-state index contributed by atoms with van der Waals surface area (Å²) in [5.74, 6) is 0.0663. The number of carbonyl (C=O) groups excluding carboxylic acids is 2. The lowest BCUT2D eigenvalue weighted by Gasteiger charge is -2.44. The van der Waals surface area contributed by atoms with Gasteiger partial charge in [-0.25, -0.2) is 0 Å². The summed E-state index contributed by atoms with van der Waals surface area (Å²) < 4.78 is 0. The SMILES string of the molecule is CN(C)C(=O)c1cccc(-c2ccc3c(c2)[C@H]2[C@H](CCN2C(=O)c2ccncc2)[C@H](CO)N3C)c1. The lowest BCUT2D eigenvalue weighted by molar-refractivity contribution is 0.0693. The van der Waals surface area contributed by atoms with Crippen LogP contribution in [0.4, 0.5) is 5.69 Å². The van der Waals surface area contributed by atoms with Gasteiger partial charge in [0.15, 0.2) is 0 Å². The standard InChI is InChI=1S/C28H30N4O3/c1-30(2)27(34)21-6-4-5-19(15-21)20-7-8-24-23(16-20)26-22(25(17-33)31(24)3)11-14-32(26)28(35)18-9-12-29-13-10-18/h4-10,12-13,15-16,22,25-26,33H,11,14,17H2,1-3H3/t22-,25+,26-/m1/s1. The van der Waals surface area contributed by atoms with E-state index in [0.29, 0.717) is 17.7 Å². The first kappa shape index (κ1) is 23.1. The van der Waals surface area contributed by atoms with E-state index in [9.17, 15) is 14.7 Å². The highest BCUT2D eigenvalue weighted by Crippen LogP contribution is 2.49. The van der Waals surface area contributed by atoms with Crippen LogP contribution in [0, 0.1) is 5.92 Å². The summed E-state index contributed by atoms with van der Waals surface area (Å²) in [5.41, 5.74) is 5.29. The molecule has 5 rings (SSSR count). The van der Waals surface area contributed by atoms with E-state index in [2.05, 4.69) is 22.0 Å². The average molecular weight is 471 g/mol. The fourth-order valence-electron chi connectivity index (χ4n) is 5.61. The smallest absolute Gasteiger partial charge is 0.254 e. The number of aliphatic hydroxyl groups excluding tert-OH is 1. The Balaban J connectivity index is 1.59. The number of aliphatic hydroxyl groups is 1. The van der Waals surface area contributed by atoms with Gasteiger partial charge in [0.1, 0.15) is 0 Å². The van der Waals surface area contributed by atoms with E-state index >= 15 is 0 Å². The van der Waals surface area contributed by atoms with Crippen molar-refractivity contribution in [3.05, 3.63) is 83.7 Å². The highest BCUT2D eigenvalue weighted by atomic mass is 16.3. The number of rotatable bonds is 4. The second-order valence-electron chi connectivity index (χ2n) is 9.55. The molecule has 0 saturated carbocycles. The van der Waals surface area contributed by atoms with Gasteiger partial charge in [-0.3, -0.25) is 14.6 Å². The fourth-order valence-corrected chi connectivity index (χ4v) is 5.61. The third-order valence-electron chi connectivity index (χ3n) is 7.39. The van der Waals surface area contributed by atoms with Gasteiger partial charge in [0.2, 0.25) is 0 Å². The molecule has 1 fully saturated rings. The Morgan fingerprint density at radius 1 is 1.03 bits per heavy atom. The number of fused-ring (bicyclic) bond motifs is 3. The summed E-state index contributed by atoms with van der Waals surface area (Å²) in [7, 11) is 5.51. The Hall–Kier alpha value is -3.71. The molecule has 2 aromatic carbocycles. The van der Waals surface area contributed by atoms with Crippen molar-refractivity contribution in [2.75, 3.05) is 39.2 Å². The first-order valence-corrected chi connectivity index (χ1v) is 11.9. The van der Waals surface area contributed by atoms with Gasteiger partial charge >= 0.3 is 0 Å². The molecule has 180 valence electrons. The van der Waals surface area contributed by atoms with Crippen LogP contribution in [0.2, 0.25) is 0 Å². The third kappa shape index (κ3) is 3.96. The van der Waals surface area contributed by atoms with E-state index in [-0.39, 0.29) is 36.4 Å². The molecule has 7 nitrogen and oxygen atoms in total. The molecule has 1 saturated heterocycles. The molecule has 1 aromatic heterocycles. The topological polar surface area (TPSA) is 77.0 Å². The van der Waals surface area contributed by atoms with Gasteiger partial charge in [-0.05, 0) is 59.5 Å². The van der Waals surface area contributed by atoms with Gasteiger partial charge in [0, 0.05) is 62.8 Å². The van der Waals surface area contributed by atoms with Crippen molar-refractivity contribution in [1.29, 1.82) is 0 Å². The molecule has 1 N–H and O–H groups in total. The second kappa shape index (κ2) is 9.15. The fraction of sp³-hybridized carbons (Fsp3) is 0.321. The molecule has 0 bridgehead atoms. The molecule has 2 aliphatic rings. The average Bonchev–Trinajstić information content (AvgIpc) is 3.33. The van der Waals surface area contributed by atoms with E-state index in [1.54, 1.807) is 43.5 Å². The molecular weight excluding hydrogens is 440 g/mol. The number of benzene rings is 2. The van der Waals surface area contributed by atoms with Gasteiger partial charge in [0.05, 0.1) is 18.7 Å². The van der Waals surface area contributed by atoms with Gasteiger partial charge < -0.3 is 19.8 Å². The number of likely N-dealkylation sites (tertiary alicyclic amines) is 1. The molecule has 0 aliphatic carbocycles. The molecule has 35 heavy (non-hydrogen) atoms. The summed E-state index contributed by atoms with van der Waals surface area (Å²) in [6.07, 6.45) is 4.10. The molecule has 0 radical (unpaired) electrons. The molecule has 2 aliphatic heterocycles. The zero-order valence-electron chi connectivity index (χ0n) is 20.3. The number of carbonyl (C=O) groups is 2. The van der Waals surface area contributed by atoms with E-state index in [0.717, 1.165) is 28.8 Å². The number of aromatic nitrogens is 1. The zero-order valence-corrected chi connectivity index (χ0v) is 20.3. The maximum absolute atomic E-state index is 13.5. The summed E-state index contributed by atoms with van der Waals surface area (Å²) in [4.78, 5) is 35.7. The van der Waals surface area contributed by atoms with Crippen LogP contribution in [0.3, 0.4) is 0 Å². The van der Waals surface area contributed by atoms with Crippen LogP contribution in [0.5, 0.6) is 0 Å². The van der Waals surface area contributed by atoms with Crippen molar-refractivity contribution in [2.24, 2.45) is 5.92 Å². The zero-order chi connectivity index (χ0) is 24.7. The first-order valence-electron chi connectivity index (χ1n) is 11.9. The molecule has 3 aromatic rings. The van der Waals surface area contributed by atoms with Crippen LogP contribution in [-0.2, 0) is 0 Å². The van der Waals surface area contributed by atoms with Crippen molar-refractivity contribution >= 4 is 17.5 Å². The summed E-state index contributed by atoms with van der Waals surface area (Å²) in [6, 6.07) is 17.2. The van der Waals surface area contributed by atoms with Crippen molar-refractivity contribution in [1.82, 2.24) is 14.8 Å². The summed E-state index contributed by atoms with van der Waals surface area (Å²) in [6.45, 7) is 0.669. The van der Waals surface area contributed by atoms with Crippen LogP contribution in [0.15, 0.2) is 67.0 Å². The number of pyridine rings is 1. The minimum absolute atomic E-state index is 0.0175. The van der Waals surface area contributed by atoms with Crippen LogP contribution in [-0.4, -0.2) is 72.0 Å². The summed E-state index contributed by atoms with van der Waals surface area (Å²) >= 11 is 0. The van der Waals surface area contributed by atoms with E-state index in [1.807, 2.05) is 42.3 Å². The highest BCUT2D eigenvalue weighted by Gasteiger charge is 2.47. The van der Waals surface area contributed by atoms with E-state index < -0.39 is 0 Å². The lowest BCUT2D eigenvalue weighted by Crippen LogP contribution is -2.48. The molecule has 3 atom stereocenters. The number of hydrogen-bond donors (Lipinski definition) is 1. The number of nitrogens with zero attached hydrogens (tertiary/aromatic N) is 4. The first-order chi connectivity index (χ1) is 16.9. The molecular formula is C28H30N4O3. The van der Waals surface area contributed by atoms with Crippen molar-refractivity contribution in [3.63, 3.8) is 0 Å². The van der Waals surface area contributed by atoms with Gasteiger partial charge in [-0.15, -0.1) is 0 Å². The Bertz CT molecular complexity index is 1260. The number of likely N-dealkylation sites (N-methyl/N-ethyl adjacent to an activating group) is 1. The normalized spacial score (nSPS) is 20.9. The van der Waals surface area contributed by atoms with Crippen LogP contribution in [0.1, 0.15) is 38.7 Å². The predicted octanol–water partition coefficient (Wildman–Crippen LogP) is 3.46. The second-order valence-corrected chi connectivity index (χ2v) is 9.55. The van der Waals surface area contributed by atoms with Crippen molar-refractivity contribution < 1.29 is 14.7 Å². The third-order valence-corrected chi connectivity index (χ3v) is 7.39. The van der Waals surface area contributed by atoms with Gasteiger partial charge in [-0.2, -0.15) is 0 Å². The Kier molecular flexibility index (Phi) is 6.03. The number of amides is 2. The summed E-state index contributed by atoms with van der Waals surface area (Å²) in [5, 5.41) is 10.2. The molecule has 7 heteroatoms. The minimum Gasteiger partial charge on any atom is -0.394 e. The molecule has 2 amide bonds. The Morgan fingerprint density at radius 2 is 1.77 bits per heavy atom. The maximum atomic E-state index is 13.5. The Labute approximate surface area is 205 Å². The van der Waals surface area contributed by atoms with Crippen molar-refractivity contribution in [3.8, 4) is 11.1 Å². The van der Waals surface area contributed by atoms with E-state index in [1.165, 1.54) is 0 Å². The van der Waals surface area contributed by atoms with Crippen LogP contribution >= 0.6 is 0 Å². The van der Waals surface area contributed by atoms with Gasteiger partial charge in [0.25, 0.3) is 11.8 Å². The largest absolute Gasteiger partial charge is 0.394 e. The predicted molar refractivity (Wildman–Crippen MR) is 135 cm³/mol. The number of hydrogen-bond acceptors (Lipinski definition) is 5. The quantitative estimate of drug-likeness (QED) is 0.632. The maximum Gasteiger partial charge on any atom is 0.254 e. The molecule has 0 unspecified atom stereocenters. The van der Waals surface area contributed by atoms with E-state index in [4.69, 9.17) is 0 Å². The highest BCUT2D eigenvalue weighted by molar-refractivity contribution is 5.96.